The number of aliphatic hydroxyl groups is 1. The molecule has 0 aliphatic carbocycles. The van der Waals surface area contributed by atoms with Gasteiger partial charge in [-0.15, -0.1) is 0 Å². The van der Waals surface area contributed by atoms with Crippen LogP contribution in [0.1, 0.15) is 59.6 Å². The lowest BCUT2D eigenvalue weighted by Crippen LogP contribution is -2.63. The van der Waals surface area contributed by atoms with Crippen molar-refractivity contribution < 1.29 is 37.4 Å². The van der Waals surface area contributed by atoms with Crippen LogP contribution in [0.5, 0.6) is 0 Å². The van der Waals surface area contributed by atoms with Gasteiger partial charge >= 0.3 is 0 Å². The molecule has 2 aromatic carbocycles. The van der Waals surface area contributed by atoms with Crippen molar-refractivity contribution in [3.8, 4) is 0 Å². The van der Waals surface area contributed by atoms with Crippen LogP contribution in [0.2, 0.25) is 0 Å². The largest absolute Gasteiger partial charge is 0.457 e. The second-order valence-electron chi connectivity index (χ2n) is 13.6. The van der Waals surface area contributed by atoms with E-state index in [0.717, 1.165) is 26.7 Å². The third kappa shape index (κ3) is 11.1. The van der Waals surface area contributed by atoms with Crippen LogP contribution in [0.3, 0.4) is 0 Å². The zero-order valence-electron chi connectivity index (χ0n) is 28.9. The number of amides is 2. The molecule has 264 valence electrons. The first-order valence-electron chi connectivity index (χ1n) is 16.1. The van der Waals surface area contributed by atoms with Gasteiger partial charge in [-0.1, -0.05) is 95.3 Å². The smallest absolute Gasteiger partial charge is 0.279 e. The van der Waals surface area contributed by atoms with E-state index in [0.29, 0.717) is 6.42 Å². The highest BCUT2D eigenvalue weighted by Crippen LogP contribution is 2.27. The number of carbonyl (C=O) groups is 3. The molecule has 0 bridgehead atoms. The second-order valence-corrected chi connectivity index (χ2v) is 15.5. The minimum Gasteiger partial charge on any atom is -0.457 e. The Hall–Kier alpha value is -3.78. The number of hydrogen-bond donors (Lipinski definition) is 3. The molecule has 0 saturated heterocycles. The van der Waals surface area contributed by atoms with Gasteiger partial charge in [0.25, 0.3) is 15.1 Å². The van der Waals surface area contributed by atoms with Gasteiger partial charge in [-0.2, -0.15) is 4.31 Å². The molecule has 0 aromatic heterocycles. The van der Waals surface area contributed by atoms with Gasteiger partial charge in [0.05, 0.1) is 18.7 Å². The van der Waals surface area contributed by atoms with E-state index < -0.39 is 51.7 Å². The first-order chi connectivity index (χ1) is 22.5. The normalized spacial score (nSPS) is 16.8. The Bertz CT molecular complexity index is 1510. The van der Waals surface area contributed by atoms with E-state index in [2.05, 4.69) is 10.7 Å². The fourth-order valence-corrected chi connectivity index (χ4v) is 6.87. The Kier molecular flexibility index (Phi) is 13.7. The number of ether oxygens (including phenoxy) is 2. The number of rotatable bonds is 17. The molecule has 0 fully saturated rings. The maximum atomic E-state index is 14.0. The molecule has 2 amide bonds. The van der Waals surface area contributed by atoms with Crippen LogP contribution in [0.4, 0.5) is 0 Å². The first kappa shape index (κ1) is 38.7. The SMILES string of the molecule is CC(=O)CNN(C(C)=O)C(C(=O)NC(Cc1ccccc1)C(O)CN(CC(C)C)S(=O)(=O)C1=COC(Cc2ccccc2)O1)C(C)(C)C. The van der Waals surface area contributed by atoms with Gasteiger partial charge in [-0.25, -0.2) is 13.8 Å². The van der Waals surface area contributed by atoms with Crippen molar-refractivity contribution in [3.05, 3.63) is 83.1 Å². The quantitative estimate of drug-likeness (QED) is 0.213. The van der Waals surface area contributed by atoms with Crippen LogP contribution in [0, 0.1) is 11.3 Å². The molecule has 4 unspecified atom stereocenters. The van der Waals surface area contributed by atoms with Crippen molar-refractivity contribution in [2.24, 2.45) is 11.3 Å². The van der Waals surface area contributed by atoms with Gasteiger partial charge in [-0.3, -0.25) is 19.4 Å². The summed E-state index contributed by atoms with van der Waals surface area (Å²) in [5, 5.41) is 15.4. The van der Waals surface area contributed by atoms with Crippen LogP contribution >= 0.6 is 0 Å². The fourth-order valence-electron chi connectivity index (χ4n) is 5.37. The number of benzene rings is 2. The van der Waals surface area contributed by atoms with E-state index in [1.807, 2.05) is 74.5 Å². The number of aliphatic hydroxyl groups excluding tert-OH is 1. The summed E-state index contributed by atoms with van der Waals surface area (Å²) in [6.07, 6.45) is -0.611. The van der Waals surface area contributed by atoms with E-state index in [-0.39, 0.29) is 42.8 Å². The van der Waals surface area contributed by atoms with Crippen LogP contribution in [0.25, 0.3) is 0 Å². The molecule has 1 aliphatic heterocycles. The highest BCUT2D eigenvalue weighted by molar-refractivity contribution is 7.92. The van der Waals surface area contributed by atoms with Crippen molar-refractivity contribution in [1.29, 1.82) is 0 Å². The molecular formula is C35H50N4O8S. The zero-order valence-corrected chi connectivity index (χ0v) is 29.7. The number of hydrogen-bond acceptors (Lipinski definition) is 9. The minimum absolute atomic E-state index is 0.0626. The zero-order chi connectivity index (χ0) is 35.6. The number of hydrazine groups is 1. The molecule has 1 heterocycles. The Morgan fingerprint density at radius 1 is 0.938 bits per heavy atom. The highest BCUT2D eigenvalue weighted by Gasteiger charge is 2.41. The summed E-state index contributed by atoms with van der Waals surface area (Å²) in [5.41, 5.74) is 3.69. The summed E-state index contributed by atoms with van der Waals surface area (Å²) in [6.45, 7) is 11.3. The number of nitrogens with one attached hydrogen (secondary N) is 2. The van der Waals surface area contributed by atoms with E-state index in [1.54, 1.807) is 20.8 Å². The van der Waals surface area contributed by atoms with Gasteiger partial charge in [0.15, 0.2) is 0 Å². The van der Waals surface area contributed by atoms with Crippen molar-refractivity contribution >= 4 is 27.6 Å². The van der Waals surface area contributed by atoms with E-state index in [1.165, 1.54) is 13.8 Å². The summed E-state index contributed by atoms with van der Waals surface area (Å²) in [6, 6.07) is 16.5. The first-order valence-corrected chi connectivity index (χ1v) is 17.5. The topological polar surface area (TPSA) is 155 Å². The fraction of sp³-hybridized carbons (Fsp3) is 0.514. The van der Waals surface area contributed by atoms with E-state index in [4.69, 9.17) is 9.47 Å². The molecule has 2 aromatic rings. The number of Topliss-reactive ketones (excluding diaryl/α,β-unsaturated/α-hetero) is 1. The van der Waals surface area contributed by atoms with Crippen molar-refractivity contribution in [2.75, 3.05) is 19.6 Å². The van der Waals surface area contributed by atoms with Gasteiger partial charge < -0.3 is 19.9 Å². The monoisotopic (exact) mass is 686 g/mol. The molecule has 0 radical (unpaired) electrons. The van der Waals surface area contributed by atoms with Crippen molar-refractivity contribution in [2.45, 2.75) is 85.8 Å². The average molecular weight is 687 g/mol. The Morgan fingerprint density at radius 2 is 1.52 bits per heavy atom. The lowest BCUT2D eigenvalue weighted by Gasteiger charge is -2.39. The number of nitrogens with zero attached hydrogens (tertiary/aromatic N) is 2. The second kappa shape index (κ2) is 17.0. The van der Waals surface area contributed by atoms with Gasteiger partial charge in [0.1, 0.15) is 18.1 Å². The Balaban J connectivity index is 1.88. The van der Waals surface area contributed by atoms with Gasteiger partial charge in [-0.05, 0) is 35.8 Å². The lowest BCUT2D eigenvalue weighted by atomic mass is 9.85. The molecule has 0 spiro atoms. The minimum atomic E-state index is -4.25. The van der Waals surface area contributed by atoms with Gasteiger partial charge in [0, 0.05) is 26.4 Å². The summed E-state index contributed by atoms with van der Waals surface area (Å²) in [5.74, 6) is -1.39. The average Bonchev–Trinajstić information content (AvgIpc) is 3.47. The molecule has 12 nitrogen and oxygen atoms in total. The Labute approximate surface area is 284 Å². The molecule has 3 rings (SSSR count). The predicted molar refractivity (Wildman–Crippen MR) is 182 cm³/mol. The van der Waals surface area contributed by atoms with Crippen LogP contribution < -0.4 is 10.7 Å². The molecule has 1 aliphatic rings. The summed E-state index contributed by atoms with van der Waals surface area (Å²) in [7, 11) is -4.25. The summed E-state index contributed by atoms with van der Waals surface area (Å²) < 4.78 is 40.3. The molecule has 3 N–H and O–H groups in total. The lowest BCUT2D eigenvalue weighted by molar-refractivity contribution is -0.148. The molecule has 48 heavy (non-hydrogen) atoms. The molecule has 13 heteroatoms. The Morgan fingerprint density at radius 3 is 2.04 bits per heavy atom. The highest BCUT2D eigenvalue weighted by atomic mass is 32.2. The predicted octanol–water partition coefficient (Wildman–Crippen LogP) is 3.13. The van der Waals surface area contributed by atoms with Crippen LogP contribution in [0.15, 0.2) is 72.0 Å². The number of ketones is 1. The summed E-state index contributed by atoms with van der Waals surface area (Å²) in [4.78, 5) is 38.4. The maximum Gasteiger partial charge on any atom is 0.279 e. The molecule has 0 saturated carbocycles. The molecular weight excluding hydrogens is 636 g/mol. The van der Waals surface area contributed by atoms with Crippen LogP contribution in [-0.2, 0) is 46.7 Å². The van der Waals surface area contributed by atoms with E-state index >= 15 is 0 Å². The maximum absolute atomic E-state index is 14.0. The summed E-state index contributed by atoms with van der Waals surface area (Å²) >= 11 is 0. The van der Waals surface area contributed by atoms with Crippen molar-refractivity contribution in [1.82, 2.24) is 20.1 Å². The third-order valence-electron chi connectivity index (χ3n) is 7.62. The van der Waals surface area contributed by atoms with Crippen molar-refractivity contribution in [3.63, 3.8) is 0 Å². The van der Waals surface area contributed by atoms with Gasteiger partial charge in [0.2, 0.25) is 18.1 Å². The van der Waals surface area contributed by atoms with Crippen LogP contribution in [-0.4, -0.2) is 84.5 Å². The van der Waals surface area contributed by atoms with E-state index in [9.17, 15) is 27.9 Å². The standard InChI is InChI=1S/C35H50N4O8S/c1-24(2)21-38(48(44,45)32-23-46-31(47-32)19-28-16-12-9-13-17-28)22-30(42)29(18-27-14-10-8-11-15-27)37-34(43)33(35(5,6)7)39(26(4)41)36-20-25(3)40/h8-17,23-24,29-31,33,36,42H,18-22H2,1-7H3,(H,37,43). The third-order valence-corrected chi connectivity index (χ3v) is 9.30. The number of carbonyl (C=O) groups excluding carboxylic acids is 3. The number of sulfonamides is 1. The molecule has 4 atom stereocenters.